The van der Waals surface area contributed by atoms with E-state index in [4.69, 9.17) is 0 Å². The smallest absolute Gasteiger partial charge is 0.147 e. The van der Waals surface area contributed by atoms with Gasteiger partial charge in [0.2, 0.25) is 0 Å². The highest BCUT2D eigenvalue weighted by atomic mass is 32.2. The molecule has 0 saturated heterocycles. The van der Waals surface area contributed by atoms with Crippen molar-refractivity contribution in [1.82, 2.24) is 10.2 Å². The van der Waals surface area contributed by atoms with Gasteiger partial charge in [-0.15, -0.1) is 0 Å². The highest BCUT2D eigenvalue weighted by Gasteiger charge is 2.05. The molecule has 0 aliphatic rings. The first-order chi connectivity index (χ1) is 8.39. The number of hydrogen-bond acceptors (Lipinski definition) is 4. The van der Waals surface area contributed by atoms with Gasteiger partial charge in [0.05, 0.1) is 5.75 Å². The normalized spacial score (nSPS) is 14.1. The van der Waals surface area contributed by atoms with Gasteiger partial charge in [0, 0.05) is 12.3 Å². The summed E-state index contributed by atoms with van der Waals surface area (Å²) in [6.45, 7) is 10.7. The van der Waals surface area contributed by atoms with Gasteiger partial charge < -0.3 is 10.2 Å². The third-order valence-corrected chi connectivity index (χ3v) is 4.22. The van der Waals surface area contributed by atoms with Crippen molar-refractivity contribution in [2.24, 2.45) is 0 Å². The van der Waals surface area contributed by atoms with E-state index in [1.54, 1.807) is 0 Å². The van der Waals surface area contributed by atoms with E-state index in [1.165, 1.54) is 12.7 Å². The summed E-state index contributed by atoms with van der Waals surface area (Å²) in [7, 11) is -2.80. The first-order valence-corrected chi connectivity index (χ1v) is 9.08. The van der Waals surface area contributed by atoms with Crippen molar-refractivity contribution in [3.05, 3.63) is 0 Å². The van der Waals surface area contributed by atoms with E-state index in [1.807, 2.05) is 0 Å². The number of sulfone groups is 1. The first-order valence-electron chi connectivity index (χ1n) is 7.02. The van der Waals surface area contributed by atoms with E-state index in [0.29, 0.717) is 12.5 Å². The lowest BCUT2D eigenvalue weighted by Gasteiger charge is -2.19. The zero-order chi connectivity index (χ0) is 14.0. The van der Waals surface area contributed by atoms with Gasteiger partial charge in [-0.25, -0.2) is 8.42 Å². The third-order valence-electron chi connectivity index (χ3n) is 3.19. The lowest BCUT2D eigenvalue weighted by atomic mass is 10.1. The van der Waals surface area contributed by atoms with E-state index < -0.39 is 9.84 Å². The molecule has 1 unspecified atom stereocenters. The van der Waals surface area contributed by atoms with Crippen LogP contribution in [0.3, 0.4) is 0 Å². The van der Waals surface area contributed by atoms with Gasteiger partial charge in [0.1, 0.15) is 9.84 Å². The van der Waals surface area contributed by atoms with Gasteiger partial charge in [0.25, 0.3) is 0 Å². The molecule has 0 aliphatic heterocycles. The quantitative estimate of drug-likeness (QED) is 0.582. The Hall–Kier alpha value is -0.130. The van der Waals surface area contributed by atoms with Crippen molar-refractivity contribution in [3.8, 4) is 0 Å². The van der Waals surface area contributed by atoms with Crippen LogP contribution in [0.4, 0.5) is 0 Å². The Bertz CT molecular complexity index is 287. The second-order valence-electron chi connectivity index (χ2n) is 5.01. The van der Waals surface area contributed by atoms with Crippen LogP contribution in [0.2, 0.25) is 0 Å². The molecule has 0 amide bonds. The molecule has 4 nitrogen and oxygen atoms in total. The van der Waals surface area contributed by atoms with Crippen molar-refractivity contribution >= 4 is 9.84 Å². The average molecular weight is 278 g/mol. The maximum atomic E-state index is 11.0. The Balaban J connectivity index is 3.51. The molecule has 0 aromatic rings. The van der Waals surface area contributed by atoms with Crippen molar-refractivity contribution in [1.29, 1.82) is 0 Å². The van der Waals surface area contributed by atoms with Crippen LogP contribution in [0, 0.1) is 0 Å². The van der Waals surface area contributed by atoms with Crippen LogP contribution in [0.1, 0.15) is 40.0 Å². The van der Waals surface area contributed by atoms with E-state index in [9.17, 15) is 8.42 Å². The highest BCUT2D eigenvalue weighted by molar-refractivity contribution is 7.90. The summed E-state index contributed by atoms with van der Waals surface area (Å²) >= 11 is 0. The van der Waals surface area contributed by atoms with E-state index >= 15 is 0 Å². The molecule has 0 spiro atoms. The average Bonchev–Trinajstić information content (AvgIpc) is 2.29. The molecule has 0 aliphatic carbocycles. The Morgan fingerprint density at radius 1 is 1.17 bits per heavy atom. The van der Waals surface area contributed by atoms with E-state index in [2.05, 4.69) is 31.0 Å². The first kappa shape index (κ1) is 17.9. The number of nitrogens with zero attached hydrogens (tertiary/aromatic N) is 1. The van der Waals surface area contributed by atoms with Crippen LogP contribution < -0.4 is 5.32 Å². The topological polar surface area (TPSA) is 49.4 Å². The van der Waals surface area contributed by atoms with Crippen LogP contribution in [-0.2, 0) is 9.84 Å². The van der Waals surface area contributed by atoms with Crippen LogP contribution >= 0.6 is 0 Å². The summed E-state index contributed by atoms with van der Waals surface area (Å²) in [6.07, 6.45) is 4.34. The molecule has 1 atom stereocenters. The fourth-order valence-electron chi connectivity index (χ4n) is 1.95. The molecule has 0 saturated carbocycles. The zero-order valence-corrected chi connectivity index (χ0v) is 13.2. The van der Waals surface area contributed by atoms with E-state index in [0.717, 1.165) is 32.6 Å². The lowest BCUT2D eigenvalue weighted by Crippen LogP contribution is -2.30. The Labute approximate surface area is 113 Å². The van der Waals surface area contributed by atoms with Crippen LogP contribution in [0.5, 0.6) is 0 Å². The molecular weight excluding hydrogens is 248 g/mol. The van der Waals surface area contributed by atoms with Crippen LogP contribution in [0.15, 0.2) is 0 Å². The number of nitrogens with one attached hydrogen (secondary N) is 1. The molecular formula is C13H30N2O2S. The van der Waals surface area contributed by atoms with Gasteiger partial charge in [-0.3, -0.25) is 0 Å². The molecule has 5 heteroatoms. The number of hydrogen-bond donors (Lipinski definition) is 1. The monoisotopic (exact) mass is 278 g/mol. The molecule has 18 heavy (non-hydrogen) atoms. The molecule has 110 valence electrons. The summed E-state index contributed by atoms with van der Waals surface area (Å²) in [5.74, 6) is 0.284. The third kappa shape index (κ3) is 11.0. The minimum Gasteiger partial charge on any atom is -0.314 e. The van der Waals surface area contributed by atoms with Gasteiger partial charge in [0.15, 0.2) is 0 Å². The van der Waals surface area contributed by atoms with Gasteiger partial charge >= 0.3 is 0 Å². The minimum atomic E-state index is -2.80. The Morgan fingerprint density at radius 3 is 2.28 bits per heavy atom. The summed E-state index contributed by atoms with van der Waals surface area (Å²) in [4.78, 5) is 2.43. The van der Waals surface area contributed by atoms with Gasteiger partial charge in [-0.2, -0.15) is 0 Å². The fraction of sp³-hybridized carbons (Fsp3) is 1.00. The van der Waals surface area contributed by atoms with Crippen LogP contribution in [-0.4, -0.2) is 57.5 Å². The molecule has 0 rings (SSSR count). The molecule has 0 aromatic heterocycles. The number of rotatable bonds is 11. The summed E-state index contributed by atoms with van der Waals surface area (Å²) in [6, 6.07) is 0.472. The predicted molar refractivity (Wildman–Crippen MR) is 78.8 cm³/mol. The SMILES string of the molecule is CCN(CC)CCCC(C)NCCCS(C)(=O)=O. The maximum absolute atomic E-state index is 11.0. The lowest BCUT2D eigenvalue weighted by molar-refractivity contribution is 0.290. The maximum Gasteiger partial charge on any atom is 0.147 e. The van der Waals surface area contributed by atoms with Gasteiger partial charge in [-0.1, -0.05) is 13.8 Å². The molecule has 0 heterocycles. The fourth-order valence-corrected chi connectivity index (χ4v) is 2.61. The predicted octanol–water partition coefficient (Wildman–Crippen LogP) is 1.52. The van der Waals surface area contributed by atoms with Gasteiger partial charge in [-0.05, 0) is 52.4 Å². The van der Waals surface area contributed by atoms with Crippen molar-refractivity contribution in [3.63, 3.8) is 0 Å². The van der Waals surface area contributed by atoms with Crippen LogP contribution in [0.25, 0.3) is 0 Å². The molecule has 0 bridgehead atoms. The zero-order valence-electron chi connectivity index (χ0n) is 12.4. The summed E-state index contributed by atoms with van der Waals surface area (Å²) in [5, 5.41) is 3.38. The molecule has 0 radical (unpaired) electrons. The van der Waals surface area contributed by atoms with Crippen molar-refractivity contribution < 1.29 is 8.42 Å². The van der Waals surface area contributed by atoms with Crippen molar-refractivity contribution in [2.75, 3.05) is 38.2 Å². The Morgan fingerprint density at radius 2 is 1.78 bits per heavy atom. The summed E-state index contributed by atoms with van der Waals surface area (Å²) < 4.78 is 21.9. The highest BCUT2D eigenvalue weighted by Crippen LogP contribution is 2.00. The molecule has 0 fully saturated rings. The molecule has 1 N–H and O–H groups in total. The molecule has 0 aromatic carbocycles. The van der Waals surface area contributed by atoms with E-state index in [-0.39, 0.29) is 5.75 Å². The largest absolute Gasteiger partial charge is 0.314 e. The minimum absolute atomic E-state index is 0.284. The standard InChI is InChI=1S/C13H30N2O2S/c1-5-15(6-2)11-7-9-13(3)14-10-8-12-18(4,16)17/h13-14H,5-12H2,1-4H3. The second-order valence-corrected chi connectivity index (χ2v) is 7.27. The Kier molecular flexibility index (Phi) is 9.68. The van der Waals surface area contributed by atoms with Crippen molar-refractivity contribution in [2.45, 2.75) is 46.1 Å². The second kappa shape index (κ2) is 9.75. The summed E-state index contributed by atoms with van der Waals surface area (Å²) in [5.41, 5.74) is 0.